The van der Waals surface area contributed by atoms with Crippen molar-refractivity contribution >= 4 is 11.9 Å². The van der Waals surface area contributed by atoms with Gasteiger partial charge in [-0.05, 0) is 12.8 Å². The fourth-order valence-corrected chi connectivity index (χ4v) is 3.11. The topological polar surface area (TPSA) is 117 Å². The molecular weight excluding hydrogens is 400 g/mol. The Labute approximate surface area is 187 Å². The van der Waals surface area contributed by atoms with Crippen molar-refractivity contribution in [2.75, 3.05) is 33.0 Å². The standard InChI is InChI=1S/C23H42N2O6/c1-8-9-10-19(21(28)29)25-20(27)15-31-14-13-30-12-11-24-17(2)22(4,5)16-23(6,7)18(3)26/h19,24,26H,2-3,8-16H2,1,4-7H3,(H,25,27)(H,28,29). The van der Waals surface area contributed by atoms with Gasteiger partial charge in [-0.15, -0.1) is 0 Å². The normalized spacial score (nSPS) is 12.8. The van der Waals surface area contributed by atoms with Crippen molar-refractivity contribution in [1.29, 1.82) is 0 Å². The molecule has 0 fully saturated rings. The molecule has 0 spiro atoms. The van der Waals surface area contributed by atoms with E-state index in [1.807, 2.05) is 20.8 Å². The molecule has 31 heavy (non-hydrogen) atoms. The summed E-state index contributed by atoms with van der Waals surface area (Å²) < 4.78 is 10.7. The van der Waals surface area contributed by atoms with Crippen molar-refractivity contribution in [1.82, 2.24) is 10.6 Å². The summed E-state index contributed by atoms with van der Waals surface area (Å²) >= 11 is 0. The van der Waals surface area contributed by atoms with Gasteiger partial charge in [0.05, 0.1) is 25.6 Å². The zero-order chi connectivity index (χ0) is 24.1. The smallest absolute Gasteiger partial charge is 0.326 e. The van der Waals surface area contributed by atoms with Crippen LogP contribution in [0.1, 0.15) is 60.3 Å². The summed E-state index contributed by atoms with van der Waals surface area (Å²) in [5.41, 5.74) is 0.208. The van der Waals surface area contributed by atoms with Crippen LogP contribution >= 0.6 is 0 Å². The van der Waals surface area contributed by atoms with Crippen molar-refractivity contribution in [3.63, 3.8) is 0 Å². The van der Waals surface area contributed by atoms with Crippen LogP contribution in [-0.2, 0) is 19.1 Å². The summed E-state index contributed by atoms with van der Waals surface area (Å²) in [5, 5.41) is 24.6. The van der Waals surface area contributed by atoms with E-state index in [1.54, 1.807) is 0 Å². The van der Waals surface area contributed by atoms with Crippen LogP contribution in [0.15, 0.2) is 24.6 Å². The minimum absolute atomic E-state index is 0.157. The number of nitrogens with one attached hydrogen (secondary N) is 2. The lowest BCUT2D eigenvalue weighted by Gasteiger charge is -2.36. The number of carboxylic acids is 1. The quantitative estimate of drug-likeness (QED) is 0.190. The molecule has 0 aromatic carbocycles. The molecule has 0 saturated heterocycles. The monoisotopic (exact) mass is 442 g/mol. The van der Waals surface area contributed by atoms with Gasteiger partial charge in [-0.3, -0.25) is 4.79 Å². The molecule has 0 aliphatic heterocycles. The van der Waals surface area contributed by atoms with Crippen LogP contribution in [0.3, 0.4) is 0 Å². The lowest BCUT2D eigenvalue weighted by atomic mass is 9.72. The average molecular weight is 443 g/mol. The Morgan fingerprint density at radius 2 is 1.61 bits per heavy atom. The molecule has 0 rings (SSSR count). The molecule has 1 atom stereocenters. The molecule has 0 aromatic rings. The molecule has 0 aliphatic rings. The molecule has 0 aliphatic carbocycles. The van der Waals surface area contributed by atoms with E-state index in [0.717, 1.165) is 18.5 Å². The molecule has 0 radical (unpaired) electrons. The Kier molecular flexibility index (Phi) is 13.2. The first kappa shape index (κ1) is 28.9. The Morgan fingerprint density at radius 1 is 1.00 bits per heavy atom. The number of aliphatic hydroxyl groups is 1. The number of hydrogen-bond donors (Lipinski definition) is 4. The van der Waals surface area contributed by atoms with Crippen molar-refractivity contribution in [3.05, 3.63) is 24.6 Å². The summed E-state index contributed by atoms with van der Waals surface area (Å²) in [5.74, 6) is -1.32. The number of allylic oxidation sites excluding steroid dienone is 2. The number of rotatable bonds is 18. The molecule has 4 N–H and O–H groups in total. The van der Waals surface area contributed by atoms with Crippen LogP contribution in [0.2, 0.25) is 0 Å². The number of carbonyl (C=O) groups excluding carboxylic acids is 1. The number of aliphatic carboxylic acids is 1. The maximum absolute atomic E-state index is 11.8. The van der Waals surface area contributed by atoms with Crippen molar-refractivity contribution in [2.24, 2.45) is 10.8 Å². The van der Waals surface area contributed by atoms with Crippen LogP contribution in [0.4, 0.5) is 0 Å². The highest BCUT2D eigenvalue weighted by Crippen LogP contribution is 2.40. The van der Waals surface area contributed by atoms with Gasteiger partial charge in [0, 0.05) is 23.1 Å². The summed E-state index contributed by atoms with van der Waals surface area (Å²) in [7, 11) is 0. The molecular formula is C23H42N2O6. The zero-order valence-corrected chi connectivity index (χ0v) is 19.9. The molecule has 0 heterocycles. The third-order valence-electron chi connectivity index (χ3n) is 5.15. The highest BCUT2D eigenvalue weighted by atomic mass is 16.5. The number of aliphatic hydroxyl groups excluding tert-OH is 1. The Morgan fingerprint density at radius 3 is 2.16 bits per heavy atom. The number of ether oxygens (including phenoxy) is 2. The van der Waals surface area contributed by atoms with Crippen molar-refractivity contribution in [3.8, 4) is 0 Å². The summed E-state index contributed by atoms with van der Waals surface area (Å²) in [6, 6.07) is -0.878. The molecule has 8 nitrogen and oxygen atoms in total. The Hall–Kier alpha value is -2.06. The molecule has 8 heteroatoms. The predicted octanol–water partition coefficient (Wildman–Crippen LogP) is 3.40. The zero-order valence-electron chi connectivity index (χ0n) is 19.9. The van der Waals surface area contributed by atoms with E-state index in [9.17, 15) is 14.7 Å². The molecule has 180 valence electrons. The van der Waals surface area contributed by atoms with Crippen LogP contribution < -0.4 is 10.6 Å². The number of carbonyl (C=O) groups is 2. The highest BCUT2D eigenvalue weighted by Gasteiger charge is 2.33. The lowest BCUT2D eigenvalue weighted by molar-refractivity contribution is -0.142. The summed E-state index contributed by atoms with van der Waals surface area (Å²) in [6.07, 6.45) is 2.70. The van der Waals surface area contributed by atoms with E-state index in [-0.39, 0.29) is 24.4 Å². The first-order valence-electron chi connectivity index (χ1n) is 10.8. The van der Waals surface area contributed by atoms with Crippen LogP contribution in [0, 0.1) is 10.8 Å². The predicted molar refractivity (Wildman–Crippen MR) is 122 cm³/mol. The Bertz CT molecular complexity index is 601. The van der Waals surface area contributed by atoms with Gasteiger partial charge in [-0.1, -0.05) is 60.6 Å². The van der Waals surface area contributed by atoms with E-state index in [2.05, 4.69) is 37.6 Å². The molecule has 1 unspecified atom stereocenters. The fraction of sp³-hybridized carbons (Fsp3) is 0.739. The number of unbranched alkanes of at least 4 members (excludes halogenated alkanes) is 1. The molecule has 0 aromatic heterocycles. The first-order valence-corrected chi connectivity index (χ1v) is 10.8. The van der Waals surface area contributed by atoms with Gasteiger partial charge < -0.3 is 30.3 Å². The first-order chi connectivity index (χ1) is 14.3. The number of hydrogen-bond acceptors (Lipinski definition) is 6. The van der Waals surface area contributed by atoms with Crippen LogP contribution in [0.25, 0.3) is 0 Å². The second kappa shape index (κ2) is 14.1. The van der Waals surface area contributed by atoms with Gasteiger partial charge in [0.1, 0.15) is 12.6 Å². The second-order valence-electron chi connectivity index (χ2n) is 9.06. The van der Waals surface area contributed by atoms with E-state index < -0.39 is 23.3 Å². The third kappa shape index (κ3) is 12.4. The van der Waals surface area contributed by atoms with Gasteiger partial charge >= 0.3 is 5.97 Å². The van der Waals surface area contributed by atoms with E-state index in [4.69, 9.17) is 14.6 Å². The average Bonchev–Trinajstić information content (AvgIpc) is 2.65. The fourth-order valence-electron chi connectivity index (χ4n) is 3.11. The van der Waals surface area contributed by atoms with Gasteiger partial charge in [0.25, 0.3) is 0 Å². The van der Waals surface area contributed by atoms with E-state index in [1.165, 1.54) is 0 Å². The van der Waals surface area contributed by atoms with Gasteiger partial charge in [0.15, 0.2) is 0 Å². The van der Waals surface area contributed by atoms with Crippen LogP contribution in [-0.4, -0.2) is 61.1 Å². The molecule has 1 amide bonds. The lowest BCUT2D eigenvalue weighted by Crippen LogP contribution is -2.42. The molecule has 0 saturated carbocycles. The van der Waals surface area contributed by atoms with Crippen molar-refractivity contribution < 1.29 is 29.3 Å². The van der Waals surface area contributed by atoms with Gasteiger partial charge in [-0.25, -0.2) is 4.79 Å². The van der Waals surface area contributed by atoms with E-state index in [0.29, 0.717) is 32.6 Å². The second-order valence-corrected chi connectivity index (χ2v) is 9.06. The number of carboxylic acid groups (broad SMARTS) is 1. The maximum atomic E-state index is 11.8. The van der Waals surface area contributed by atoms with Gasteiger partial charge in [0.2, 0.25) is 5.91 Å². The SMILES string of the molecule is C=C(O)C(C)(C)CC(C)(C)C(=C)NCCOCCOCC(=O)NC(CCCC)C(=O)O. The minimum atomic E-state index is -1.03. The van der Waals surface area contributed by atoms with Gasteiger partial charge in [-0.2, -0.15) is 0 Å². The van der Waals surface area contributed by atoms with E-state index >= 15 is 0 Å². The molecule has 0 bridgehead atoms. The Balaban J connectivity index is 3.98. The maximum Gasteiger partial charge on any atom is 0.326 e. The van der Waals surface area contributed by atoms with Crippen LogP contribution in [0.5, 0.6) is 0 Å². The largest absolute Gasteiger partial charge is 0.512 e. The highest BCUT2D eigenvalue weighted by molar-refractivity contribution is 5.84. The summed E-state index contributed by atoms with van der Waals surface area (Å²) in [4.78, 5) is 22.9. The summed E-state index contributed by atoms with van der Waals surface area (Å²) in [6.45, 7) is 19.1. The van der Waals surface area contributed by atoms with Crippen molar-refractivity contribution in [2.45, 2.75) is 66.3 Å². The third-order valence-corrected chi connectivity index (χ3v) is 5.15. The minimum Gasteiger partial charge on any atom is -0.512 e. The number of amides is 1.